The topological polar surface area (TPSA) is 197 Å². The van der Waals surface area contributed by atoms with E-state index in [2.05, 4.69) is 16.1 Å². The van der Waals surface area contributed by atoms with Gasteiger partial charge in [-0.15, -0.1) is 0 Å². The fourth-order valence-corrected chi connectivity index (χ4v) is 5.28. The van der Waals surface area contributed by atoms with Gasteiger partial charge in [-0.1, -0.05) is 50.6 Å². The molecule has 0 aromatic heterocycles. The van der Waals surface area contributed by atoms with Gasteiger partial charge in [-0.2, -0.15) is 5.43 Å². The minimum Gasteiger partial charge on any atom is -0.480 e. The Labute approximate surface area is 246 Å². The van der Waals surface area contributed by atoms with E-state index in [9.17, 15) is 34.2 Å². The summed E-state index contributed by atoms with van der Waals surface area (Å²) >= 11 is 0. The lowest BCUT2D eigenvalue weighted by Crippen LogP contribution is -2.71. The Hall–Kier alpha value is -3.71. The number of aliphatic carboxylic acids is 2. The molecule has 0 radical (unpaired) electrons. The number of benzene rings is 1. The quantitative estimate of drug-likeness (QED) is 0.164. The molecule has 42 heavy (non-hydrogen) atoms. The third-order valence-electron chi connectivity index (χ3n) is 7.42. The largest absolute Gasteiger partial charge is 0.480 e. The average molecular weight is 593 g/mol. The lowest BCUT2D eigenvalue weighted by molar-refractivity contribution is -0.976. The summed E-state index contributed by atoms with van der Waals surface area (Å²) in [5, 5.41) is 25.5. The van der Waals surface area contributed by atoms with Crippen LogP contribution in [0.1, 0.15) is 65.9 Å². The van der Waals surface area contributed by atoms with Crippen molar-refractivity contribution in [3.8, 4) is 0 Å². The molecule has 1 aromatic rings. The predicted molar refractivity (Wildman–Crippen MR) is 154 cm³/mol. The van der Waals surface area contributed by atoms with Crippen LogP contribution in [0.3, 0.4) is 0 Å². The highest BCUT2D eigenvalue weighted by atomic mass is 16.6. The zero-order valence-corrected chi connectivity index (χ0v) is 25.1. The molecule has 1 heterocycles. The first-order valence-corrected chi connectivity index (χ1v) is 14.3. The molecule has 234 valence electrons. The molecule has 13 heteroatoms. The zero-order chi connectivity index (χ0) is 31.7. The van der Waals surface area contributed by atoms with E-state index in [0.29, 0.717) is 25.8 Å². The number of carbonyl (C=O) groups excluding carboxylic acids is 3. The molecule has 1 aliphatic heterocycles. The van der Waals surface area contributed by atoms with Gasteiger partial charge in [0.2, 0.25) is 17.9 Å². The van der Waals surface area contributed by atoms with Crippen LogP contribution in [-0.4, -0.2) is 87.5 Å². The Bertz CT molecular complexity index is 1110. The number of carboxylic acids is 2. The summed E-state index contributed by atoms with van der Waals surface area (Å²) in [7, 11) is 0. The number of amides is 3. The van der Waals surface area contributed by atoms with Crippen LogP contribution in [0.15, 0.2) is 30.3 Å². The highest BCUT2D eigenvalue weighted by Gasteiger charge is 2.51. The first-order chi connectivity index (χ1) is 19.6. The highest BCUT2D eigenvalue weighted by Crippen LogP contribution is 2.28. The van der Waals surface area contributed by atoms with Crippen LogP contribution in [0.25, 0.3) is 0 Å². The molecule has 3 amide bonds. The van der Waals surface area contributed by atoms with Gasteiger partial charge < -0.3 is 31.3 Å². The first-order valence-electron chi connectivity index (χ1n) is 14.3. The minimum absolute atomic E-state index is 0.0353. The number of nitrogens with two attached hydrogens (primary N) is 1. The Balaban J connectivity index is 2.46. The van der Waals surface area contributed by atoms with Gasteiger partial charge in [-0.3, -0.25) is 14.4 Å². The molecule has 2 unspecified atom stereocenters. The van der Waals surface area contributed by atoms with Crippen LogP contribution < -0.4 is 21.8 Å². The van der Waals surface area contributed by atoms with Gasteiger partial charge in [-0.05, 0) is 38.7 Å². The average Bonchev–Trinajstić information content (AvgIpc) is 3.29. The van der Waals surface area contributed by atoms with Crippen molar-refractivity contribution in [2.45, 2.75) is 96.5 Å². The Morgan fingerprint density at radius 3 is 2.26 bits per heavy atom. The summed E-state index contributed by atoms with van der Waals surface area (Å²) in [6, 6.07) is 5.17. The molecule has 0 spiro atoms. The molecule has 1 fully saturated rings. The summed E-state index contributed by atoms with van der Waals surface area (Å²) in [5.74, 6) is -3.99. The van der Waals surface area contributed by atoms with Crippen molar-refractivity contribution < 1.29 is 43.5 Å². The molecular formula is C29H46N5O8+. The number of likely N-dealkylation sites (tertiary alicyclic amines) is 1. The van der Waals surface area contributed by atoms with Crippen LogP contribution in [0.4, 0.5) is 4.79 Å². The molecule has 2 rings (SSSR count). The highest BCUT2D eigenvalue weighted by molar-refractivity contribution is 5.90. The number of alkyl carbamates (subject to hydrolysis) is 1. The van der Waals surface area contributed by atoms with Crippen molar-refractivity contribution in [2.75, 3.05) is 13.1 Å². The third-order valence-corrected chi connectivity index (χ3v) is 7.42. The number of primary amides is 1. The fraction of sp³-hybridized carbons (Fsp3) is 0.621. The molecule has 0 bridgehead atoms. The SMILES string of the molecule is CC[C@H](C)[C@H](N[N+]1(C[C@H](Cc2ccccc2)NC(=O)C(CC(N)=O)NC(=O)OC(C)(C)C)CCC[C@H]1C(=O)O)C(=O)O. The molecule has 6 atom stereocenters. The van der Waals surface area contributed by atoms with Crippen LogP contribution in [0.2, 0.25) is 0 Å². The number of hydrogen-bond acceptors (Lipinski definition) is 7. The zero-order valence-electron chi connectivity index (χ0n) is 25.1. The third kappa shape index (κ3) is 10.3. The molecule has 1 aromatic carbocycles. The maximum Gasteiger partial charge on any atom is 0.408 e. The van der Waals surface area contributed by atoms with E-state index < -0.39 is 66.0 Å². The van der Waals surface area contributed by atoms with Crippen molar-refractivity contribution >= 4 is 29.8 Å². The van der Waals surface area contributed by atoms with E-state index in [-0.39, 0.29) is 23.5 Å². The van der Waals surface area contributed by atoms with E-state index in [1.54, 1.807) is 27.7 Å². The number of carboxylic acid groups (broad SMARTS) is 2. The van der Waals surface area contributed by atoms with Crippen molar-refractivity contribution in [1.82, 2.24) is 16.1 Å². The second kappa shape index (κ2) is 15.0. The van der Waals surface area contributed by atoms with Crippen LogP contribution >= 0.6 is 0 Å². The Kier molecular flexibility index (Phi) is 12.3. The smallest absolute Gasteiger partial charge is 0.408 e. The molecule has 1 aliphatic rings. The van der Waals surface area contributed by atoms with E-state index in [0.717, 1.165) is 5.56 Å². The number of nitrogens with one attached hydrogen (secondary N) is 3. The van der Waals surface area contributed by atoms with Gasteiger partial charge in [0.25, 0.3) is 0 Å². The fourth-order valence-electron chi connectivity index (χ4n) is 5.28. The van der Waals surface area contributed by atoms with E-state index in [4.69, 9.17) is 10.5 Å². The number of nitrogens with zero attached hydrogens (tertiary/aromatic N) is 1. The summed E-state index contributed by atoms with van der Waals surface area (Å²) in [5.41, 5.74) is 8.52. The Morgan fingerprint density at radius 1 is 1.10 bits per heavy atom. The van der Waals surface area contributed by atoms with Gasteiger partial charge in [0, 0.05) is 12.8 Å². The van der Waals surface area contributed by atoms with Crippen molar-refractivity contribution in [1.29, 1.82) is 0 Å². The molecule has 7 N–H and O–H groups in total. The van der Waals surface area contributed by atoms with Crippen molar-refractivity contribution in [2.24, 2.45) is 11.7 Å². The normalized spacial score (nSPS) is 21.4. The summed E-state index contributed by atoms with van der Waals surface area (Å²) in [4.78, 5) is 62.5. The molecular weight excluding hydrogens is 546 g/mol. The van der Waals surface area contributed by atoms with E-state index >= 15 is 0 Å². The number of quaternary nitrogens is 1. The van der Waals surface area contributed by atoms with E-state index in [1.807, 2.05) is 37.3 Å². The lowest BCUT2D eigenvalue weighted by Gasteiger charge is -2.42. The maximum atomic E-state index is 13.5. The predicted octanol–water partition coefficient (Wildman–Crippen LogP) is 1.55. The van der Waals surface area contributed by atoms with Crippen LogP contribution in [0.5, 0.6) is 0 Å². The second-order valence-electron chi connectivity index (χ2n) is 12.0. The number of carbonyl (C=O) groups is 5. The van der Waals surface area contributed by atoms with E-state index in [1.165, 1.54) is 0 Å². The van der Waals surface area contributed by atoms with Gasteiger partial charge in [0.05, 0.1) is 19.0 Å². The molecule has 0 aliphatic carbocycles. The number of hydrogen-bond donors (Lipinski definition) is 6. The molecule has 13 nitrogen and oxygen atoms in total. The number of ether oxygens (including phenoxy) is 1. The van der Waals surface area contributed by atoms with Crippen molar-refractivity contribution in [3.63, 3.8) is 0 Å². The minimum atomic E-state index is -1.35. The van der Waals surface area contributed by atoms with Gasteiger partial charge in [0.1, 0.15) is 18.2 Å². The van der Waals surface area contributed by atoms with Crippen LogP contribution in [-0.2, 0) is 30.3 Å². The first kappa shape index (κ1) is 34.5. The lowest BCUT2D eigenvalue weighted by atomic mass is 9.99. The molecule has 0 saturated carbocycles. The van der Waals surface area contributed by atoms with Gasteiger partial charge in [0.15, 0.2) is 6.04 Å². The second-order valence-corrected chi connectivity index (χ2v) is 12.0. The summed E-state index contributed by atoms with van der Waals surface area (Å²) in [6.45, 7) is 8.97. The van der Waals surface area contributed by atoms with Gasteiger partial charge in [-0.25, -0.2) is 14.2 Å². The van der Waals surface area contributed by atoms with Crippen LogP contribution in [0, 0.1) is 5.92 Å². The molecule has 1 saturated heterocycles. The van der Waals surface area contributed by atoms with Crippen molar-refractivity contribution in [3.05, 3.63) is 35.9 Å². The maximum absolute atomic E-state index is 13.5. The number of rotatable bonds is 15. The Morgan fingerprint density at radius 2 is 1.74 bits per heavy atom. The monoisotopic (exact) mass is 592 g/mol. The summed E-state index contributed by atoms with van der Waals surface area (Å²) in [6.07, 6.45) is 0.291. The summed E-state index contributed by atoms with van der Waals surface area (Å²) < 4.78 is 4.99. The standard InChI is InChI=1S/C29H45N5O8/c1-6-18(2)24(27(39)40)33-34(14-10-13-22(34)26(37)38)17-20(15-19-11-8-7-9-12-19)31-25(36)21(16-23(30)35)32-28(41)42-29(3,4)5/h7-9,11-12,18,20-22,24,33H,6,10,13-17H2,1-5H3,(H5-,30,31,32,35,36,37,38,39,40,41)/p+1/t18-,20-,21?,22-,24-,34?/m0/s1. The van der Waals surface area contributed by atoms with Gasteiger partial charge >= 0.3 is 18.0 Å².